The fraction of sp³-hybridized carbons (Fsp3) is 0.667. The van der Waals surface area contributed by atoms with E-state index in [4.69, 9.17) is 5.73 Å². The minimum Gasteiger partial charge on any atom is -0.368 e. The molecular weight excluding hydrogens is 729 g/mol. The Bertz CT molecular complexity index is 1510. The van der Waals surface area contributed by atoms with Gasteiger partial charge in [0.15, 0.2) is 0 Å². The van der Waals surface area contributed by atoms with Gasteiger partial charge in [-0.3, -0.25) is 33.6 Å². The van der Waals surface area contributed by atoms with Crippen molar-refractivity contribution in [1.82, 2.24) is 26.2 Å². The molecule has 1 aromatic rings. The molecule has 0 bridgehead atoms. The number of benzene rings is 1. The lowest BCUT2D eigenvalue weighted by Crippen LogP contribution is -2.58. The van der Waals surface area contributed by atoms with E-state index in [-0.39, 0.29) is 24.2 Å². The first-order valence-corrected chi connectivity index (χ1v) is 21.6. The second-order valence-corrected chi connectivity index (χ2v) is 18.4. The Balaban J connectivity index is 1.27. The van der Waals surface area contributed by atoms with Crippen LogP contribution in [-0.4, -0.2) is 92.9 Å². The van der Waals surface area contributed by atoms with Gasteiger partial charge >= 0.3 is 0 Å². The number of primary amides is 1. The molecule has 2 aliphatic carbocycles. The Morgan fingerprint density at radius 3 is 2.17 bits per heavy atom. The number of carbonyl (C=O) groups excluding carboxylic acids is 7. The van der Waals surface area contributed by atoms with Crippen LogP contribution in [-0.2, 0) is 33.6 Å². The van der Waals surface area contributed by atoms with Crippen molar-refractivity contribution >= 4 is 64.8 Å². The van der Waals surface area contributed by atoms with Gasteiger partial charge in [-0.15, -0.1) is 23.5 Å². The van der Waals surface area contributed by atoms with Crippen LogP contribution in [0, 0.1) is 11.8 Å². The van der Waals surface area contributed by atoms with Crippen molar-refractivity contribution in [2.24, 2.45) is 17.6 Å². The zero-order valence-corrected chi connectivity index (χ0v) is 32.9. The van der Waals surface area contributed by atoms with Crippen LogP contribution < -0.4 is 27.0 Å². The molecule has 4 atom stereocenters. The molecule has 0 radical (unpaired) electrons. The number of rotatable bonds is 16. The van der Waals surface area contributed by atoms with Crippen LogP contribution in [0.15, 0.2) is 30.3 Å². The largest absolute Gasteiger partial charge is 0.368 e. The molecule has 2 heterocycles. The number of likely N-dealkylation sites (tertiary alicyclic amines) is 1. The van der Waals surface area contributed by atoms with Gasteiger partial charge in [-0.1, -0.05) is 75.8 Å². The maximum Gasteiger partial charge on any atom is 0.290 e. The number of nitrogens with zero attached hydrogens (tertiary/aromatic N) is 1. The summed E-state index contributed by atoms with van der Waals surface area (Å²) in [6.45, 7) is 1.58. The third kappa shape index (κ3) is 11.0. The maximum absolute atomic E-state index is 14.7. The summed E-state index contributed by atoms with van der Waals surface area (Å²) >= 11 is 3.51. The normalized spacial score (nSPS) is 21.8. The lowest BCUT2D eigenvalue weighted by Gasteiger charge is -2.36. The van der Waals surface area contributed by atoms with Crippen molar-refractivity contribution in [2.45, 2.75) is 125 Å². The summed E-state index contributed by atoms with van der Waals surface area (Å²) in [7, 11) is 0. The van der Waals surface area contributed by atoms with Crippen molar-refractivity contribution in [3.63, 3.8) is 0 Å². The van der Waals surface area contributed by atoms with Crippen LogP contribution in [0.2, 0.25) is 0 Å². The maximum atomic E-state index is 14.7. The summed E-state index contributed by atoms with van der Waals surface area (Å²) in [6.07, 6.45) is 11.4. The highest BCUT2D eigenvalue weighted by molar-refractivity contribution is 8.18. The summed E-state index contributed by atoms with van der Waals surface area (Å²) in [5.41, 5.74) is 5.96. The minimum absolute atomic E-state index is 0.0213. The van der Waals surface area contributed by atoms with Gasteiger partial charge in [-0.25, -0.2) is 0 Å². The van der Waals surface area contributed by atoms with E-state index in [0.717, 1.165) is 75.7 Å². The minimum atomic E-state index is -1.19. The van der Waals surface area contributed by atoms with Gasteiger partial charge < -0.3 is 31.9 Å². The zero-order chi connectivity index (χ0) is 38.7. The van der Waals surface area contributed by atoms with Crippen LogP contribution >= 0.6 is 23.5 Å². The standard InChI is InChI=1S/C39H56N6O7S2/c1-2-12-28(34(48)37(51)41-23-31(47)44-32(35(40)49)26-15-5-3-6-16-26)42-36(50)29-22-39(53-19-11-20-54-39)24-45(29)38(52)33(27-17-7-4-8-18-27)43-30(46)21-25-13-9-10-14-25/h3,5-6,15-16,25,27-29,32-33H,2,4,7-14,17-24H2,1H3,(H2,40,49)(H,41,51)(H,42,50)(H,43,46)(H,44,47)/t28?,29-,32?,33-/m0/s1. The topological polar surface area (TPSA) is 197 Å². The molecule has 2 unspecified atom stereocenters. The van der Waals surface area contributed by atoms with Crippen LogP contribution in [0.3, 0.4) is 0 Å². The third-order valence-corrected chi connectivity index (χ3v) is 14.5. The zero-order valence-electron chi connectivity index (χ0n) is 31.3. The quantitative estimate of drug-likeness (QED) is 0.157. The van der Waals surface area contributed by atoms with Gasteiger partial charge in [0, 0.05) is 19.4 Å². The highest BCUT2D eigenvalue weighted by Gasteiger charge is 2.52. The first kappa shape index (κ1) is 41.6. The molecule has 2 aliphatic heterocycles. The van der Waals surface area contributed by atoms with Gasteiger partial charge in [0.05, 0.1) is 16.7 Å². The molecule has 4 aliphatic rings. The van der Waals surface area contributed by atoms with Gasteiger partial charge in [-0.2, -0.15) is 0 Å². The van der Waals surface area contributed by atoms with Crippen molar-refractivity contribution in [1.29, 1.82) is 0 Å². The van der Waals surface area contributed by atoms with E-state index in [0.29, 0.717) is 37.3 Å². The lowest BCUT2D eigenvalue weighted by molar-refractivity contribution is -0.144. The number of nitrogens with two attached hydrogens (primary N) is 1. The lowest BCUT2D eigenvalue weighted by atomic mass is 9.83. The van der Waals surface area contributed by atoms with E-state index in [1.807, 2.05) is 6.92 Å². The Kier molecular flexibility index (Phi) is 15.3. The van der Waals surface area contributed by atoms with Gasteiger partial charge in [-0.05, 0) is 67.4 Å². The number of nitrogens with one attached hydrogen (secondary N) is 4. The highest BCUT2D eigenvalue weighted by atomic mass is 32.2. The smallest absolute Gasteiger partial charge is 0.290 e. The molecule has 2 saturated heterocycles. The van der Waals surface area contributed by atoms with Crippen LogP contribution in [0.4, 0.5) is 0 Å². The van der Waals surface area contributed by atoms with Crippen LogP contribution in [0.25, 0.3) is 0 Å². The average Bonchev–Trinajstić information content (AvgIpc) is 3.83. The van der Waals surface area contributed by atoms with Crippen molar-refractivity contribution < 1.29 is 33.6 Å². The number of amides is 6. The Morgan fingerprint density at radius 2 is 1.52 bits per heavy atom. The predicted molar refractivity (Wildman–Crippen MR) is 209 cm³/mol. The third-order valence-electron chi connectivity index (χ3n) is 11.1. The number of hydrogen-bond donors (Lipinski definition) is 5. The fourth-order valence-corrected chi connectivity index (χ4v) is 11.6. The number of Topliss-reactive ketones (excluding diaryl/α,β-unsaturated/α-hetero) is 1. The molecule has 6 N–H and O–H groups in total. The summed E-state index contributed by atoms with van der Waals surface area (Å²) in [4.78, 5) is 95.2. The fourth-order valence-electron chi connectivity index (χ4n) is 8.27. The van der Waals surface area contributed by atoms with Gasteiger partial charge in [0.2, 0.25) is 35.3 Å². The number of ketones is 1. The predicted octanol–water partition coefficient (Wildman–Crippen LogP) is 3.11. The Morgan fingerprint density at radius 1 is 0.852 bits per heavy atom. The van der Waals surface area contributed by atoms with E-state index in [1.165, 1.54) is 0 Å². The molecule has 13 nitrogen and oxygen atoms in total. The number of hydrogen-bond acceptors (Lipinski definition) is 9. The molecule has 0 aromatic heterocycles. The van der Waals surface area contributed by atoms with Crippen molar-refractivity contribution in [2.75, 3.05) is 24.6 Å². The van der Waals surface area contributed by atoms with Crippen molar-refractivity contribution in [3.05, 3.63) is 35.9 Å². The summed E-state index contributed by atoms with van der Waals surface area (Å²) in [5, 5.41) is 10.7. The van der Waals surface area contributed by atoms with E-state index in [2.05, 4.69) is 21.3 Å². The number of carbonyl (C=O) groups is 7. The summed E-state index contributed by atoms with van der Waals surface area (Å²) in [5.74, 6) is -2.25. The molecular formula is C39H56N6O7S2. The second kappa shape index (κ2) is 19.8. The molecule has 2 saturated carbocycles. The molecule has 1 spiro atoms. The summed E-state index contributed by atoms with van der Waals surface area (Å²) in [6, 6.07) is 4.46. The van der Waals surface area contributed by atoms with Crippen LogP contribution in [0.5, 0.6) is 0 Å². The monoisotopic (exact) mass is 784 g/mol. The van der Waals surface area contributed by atoms with E-state index >= 15 is 0 Å². The van der Waals surface area contributed by atoms with E-state index in [9.17, 15) is 33.6 Å². The molecule has 6 amide bonds. The van der Waals surface area contributed by atoms with Crippen LogP contribution in [0.1, 0.15) is 108 Å². The molecule has 15 heteroatoms. The van der Waals surface area contributed by atoms with Crippen molar-refractivity contribution in [3.8, 4) is 0 Å². The summed E-state index contributed by atoms with van der Waals surface area (Å²) < 4.78 is -0.390. The van der Waals surface area contributed by atoms with Gasteiger partial charge in [0.1, 0.15) is 18.1 Å². The highest BCUT2D eigenvalue weighted by Crippen LogP contribution is 2.50. The second-order valence-electron chi connectivity index (χ2n) is 15.2. The molecule has 1 aromatic carbocycles. The SMILES string of the molecule is CCCC(NC(=O)[C@@H]1CC2(CN1C(=O)[C@@H](NC(=O)CC1CCCC1)C1CCCCC1)SCCCS2)C(=O)C(=O)NCC(=O)NC(C(N)=O)c1ccccc1. The first-order valence-electron chi connectivity index (χ1n) is 19.6. The molecule has 4 fully saturated rings. The Labute approximate surface area is 326 Å². The number of thioether (sulfide) groups is 2. The van der Waals surface area contributed by atoms with E-state index < -0.39 is 64.2 Å². The molecule has 5 rings (SSSR count). The van der Waals surface area contributed by atoms with Gasteiger partial charge in [0.25, 0.3) is 5.91 Å². The average molecular weight is 785 g/mol. The molecule has 296 valence electrons. The molecule has 54 heavy (non-hydrogen) atoms. The first-order chi connectivity index (χ1) is 26.0. The Hall–Kier alpha value is -3.59. The van der Waals surface area contributed by atoms with E-state index in [1.54, 1.807) is 58.8 Å².